The molecule has 2 atom stereocenters. The summed E-state index contributed by atoms with van der Waals surface area (Å²) >= 11 is 0. The average Bonchev–Trinajstić information content (AvgIpc) is 2.27. The Morgan fingerprint density at radius 1 is 1.28 bits per heavy atom. The molecule has 0 bridgehead atoms. The molecule has 0 aliphatic carbocycles. The Morgan fingerprint density at radius 3 is 2.44 bits per heavy atom. The molecular weight excluding hydrogens is 233 g/mol. The van der Waals surface area contributed by atoms with Crippen molar-refractivity contribution in [3.05, 3.63) is 29.6 Å². The van der Waals surface area contributed by atoms with E-state index in [1.54, 1.807) is 6.07 Å². The Balaban J connectivity index is 2.76. The van der Waals surface area contributed by atoms with Gasteiger partial charge in [-0.3, -0.25) is 0 Å². The van der Waals surface area contributed by atoms with E-state index in [1.165, 1.54) is 6.07 Å². The molecule has 1 rings (SSSR count). The second-order valence-corrected chi connectivity index (χ2v) is 4.95. The Morgan fingerprint density at radius 2 is 1.94 bits per heavy atom. The Labute approximate surface area is 108 Å². The van der Waals surface area contributed by atoms with Gasteiger partial charge in [-0.25, -0.2) is 4.39 Å². The Bertz CT molecular complexity index is 382. The zero-order valence-electron chi connectivity index (χ0n) is 11.2. The van der Waals surface area contributed by atoms with Crippen LogP contribution in [0.5, 0.6) is 5.75 Å². The minimum Gasteiger partial charge on any atom is -0.508 e. The van der Waals surface area contributed by atoms with Gasteiger partial charge in [0.1, 0.15) is 11.6 Å². The van der Waals surface area contributed by atoms with Crippen LogP contribution in [0, 0.1) is 11.7 Å². The highest BCUT2D eigenvalue weighted by Gasteiger charge is 2.18. The molecule has 0 spiro atoms. The molecule has 0 radical (unpaired) electrons. The highest BCUT2D eigenvalue weighted by Crippen LogP contribution is 2.25. The summed E-state index contributed by atoms with van der Waals surface area (Å²) in [6.45, 7) is 6.19. The number of phenols is 1. The molecule has 0 aromatic heterocycles. The maximum atomic E-state index is 12.9. The van der Waals surface area contributed by atoms with Crippen molar-refractivity contribution in [2.75, 3.05) is 6.61 Å². The third-order valence-electron chi connectivity index (χ3n) is 3.17. The molecule has 0 saturated carbocycles. The Kier molecular flexibility index (Phi) is 5.56. The van der Waals surface area contributed by atoms with Crippen molar-refractivity contribution >= 4 is 0 Å². The molecule has 18 heavy (non-hydrogen) atoms. The van der Waals surface area contributed by atoms with Gasteiger partial charge in [0.25, 0.3) is 0 Å². The van der Waals surface area contributed by atoms with E-state index in [1.807, 2.05) is 6.92 Å². The number of aliphatic hydroxyl groups is 1. The van der Waals surface area contributed by atoms with Crippen molar-refractivity contribution in [1.82, 2.24) is 5.32 Å². The van der Waals surface area contributed by atoms with Crippen molar-refractivity contribution in [2.45, 2.75) is 39.3 Å². The van der Waals surface area contributed by atoms with Gasteiger partial charge in [-0.15, -0.1) is 0 Å². The fraction of sp³-hybridized carbons (Fsp3) is 0.571. The second kappa shape index (κ2) is 6.71. The molecule has 0 saturated heterocycles. The van der Waals surface area contributed by atoms with Crippen molar-refractivity contribution in [3.8, 4) is 5.75 Å². The molecule has 102 valence electrons. The highest BCUT2D eigenvalue weighted by molar-refractivity contribution is 5.34. The largest absolute Gasteiger partial charge is 0.508 e. The molecule has 3 nitrogen and oxygen atoms in total. The first-order valence-corrected chi connectivity index (χ1v) is 6.31. The molecule has 0 fully saturated rings. The molecule has 3 N–H and O–H groups in total. The SMILES string of the molecule is CC(NC(CCO)C(C)C)c1ccc(F)cc1O. The monoisotopic (exact) mass is 255 g/mol. The topological polar surface area (TPSA) is 52.5 Å². The molecule has 1 aromatic rings. The summed E-state index contributed by atoms with van der Waals surface area (Å²) in [4.78, 5) is 0. The first-order valence-electron chi connectivity index (χ1n) is 6.31. The van der Waals surface area contributed by atoms with Crippen molar-refractivity contribution in [3.63, 3.8) is 0 Å². The lowest BCUT2D eigenvalue weighted by molar-refractivity contribution is 0.236. The van der Waals surface area contributed by atoms with Crippen LogP contribution in [0.1, 0.15) is 38.8 Å². The smallest absolute Gasteiger partial charge is 0.126 e. The van der Waals surface area contributed by atoms with Crippen molar-refractivity contribution in [1.29, 1.82) is 0 Å². The number of rotatable bonds is 6. The molecule has 0 aliphatic rings. The number of hydrogen-bond acceptors (Lipinski definition) is 3. The predicted molar refractivity (Wildman–Crippen MR) is 69.9 cm³/mol. The first kappa shape index (κ1) is 14.9. The van der Waals surface area contributed by atoms with Gasteiger partial charge in [0, 0.05) is 30.3 Å². The number of hydrogen-bond donors (Lipinski definition) is 3. The summed E-state index contributed by atoms with van der Waals surface area (Å²) < 4.78 is 12.9. The minimum atomic E-state index is -0.445. The fourth-order valence-corrected chi connectivity index (χ4v) is 2.04. The lowest BCUT2D eigenvalue weighted by atomic mass is 9.98. The van der Waals surface area contributed by atoms with Crippen LogP contribution < -0.4 is 5.32 Å². The van der Waals surface area contributed by atoms with Gasteiger partial charge >= 0.3 is 0 Å². The average molecular weight is 255 g/mol. The lowest BCUT2D eigenvalue weighted by Crippen LogP contribution is -2.36. The standard InChI is InChI=1S/C14H22FNO2/c1-9(2)13(6-7-17)16-10(3)12-5-4-11(15)8-14(12)18/h4-5,8-10,13,16-18H,6-7H2,1-3H3. The quantitative estimate of drug-likeness (QED) is 0.732. The number of nitrogens with one attached hydrogen (secondary N) is 1. The van der Waals surface area contributed by atoms with Crippen LogP contribution in [0.15, 0.2) is 18.2 Å². The zero-order chi connectivity index (χ0) is 13.7. The van der Waals surface area contributed by atoms with Crippen LogP contribution in [0.4, 0.5) is 4.39 Å². The number of aliphatic hydroxyl groups excluding tert-OH is 1. The third-order valence-corrected chi connectivity index (χ3v) is 3.17. The van der Waals surface area contributed by atoms with Gasteiger partial charge in [0.2, 0.25) is 0 Å². The highest BCUT2D eigenvalue weighted by atomic mass is 19.1. The van der Waals surface area contributed by atoms with Crippen molar-refractivity contribution in [2.24, 2.45) is 5.92 Å². The van der Waals surface area contributed by atoms with Gasteiger partial charge < -0.3 is 15.5 Å². The molecule has 0 heterocycles. The number of aromatic hydroxyl groups is 1. The molecule has 0 amide bonds. The zero-order valence-corrected chi connectivity index (χ0v) is 11.2. The van der Waals surface area contributed by atoms with Crippen LogP contribution in [-0.2, 0) is 0 Å². The number of phenolic OH excluding ortho intramolecular Hbond substituents is 1. The van der Waals surface area contributed by atoms with Crippen LogP contribution in [0.3, 0.4) is 0 Å². The van der Waals surface area contributed by atoms with E-state index in [-0.39, 0.29) is 24.4 Å². The third kappa shape index (κ3) is 3.96. The van der Waals surface area contributed by atoms with E-state index in [0.29, 0.717) is 17.9 Å². The van der Waals surface area contributed by atoms with Crippen LogP contribution in [0.25, 0.3) is 0 Å². The molecule has 0 aliphatic heterocycles. The van der Waals surface area contributed by atoms with E-state index < -0.39 is 5.82 Å². The van der Waals surface area contributed by atoms with Crippen molar-refractivity contribution < 1.29 is 14.6 Å². The van der Waals surface area contributed by atoms with Gasteiger partial charge in [0.15, 0.2) is 0 Å². The van der Waals surface area contributed by atoms with E-state index in [2.05, 4.69) is 19.2 Å². The normalized spacial score (nSPS) is 14.8. The van der Waals surface area contributed by atoms with Crippen LogP contribution in [-0.4, -0.2) is 22.9 Å². The summed E-state index contributed by atoms with van der Waals surface area (Å²) in [5.41, 5.74) is 0.667. The van der Waals surface area contributed by atoms with Gasteiger partial charge in [-0.2, -0.15) is 0 Å². The summed E-state index contributed by atoms with van der Waals surface area (Å²) in [7, 11) is 0. The van der Waals surface area contributed by atoms with Gasteiger partial charge in [-0.1, -0.05) is 19.9 Å². The molecule has 2 unspecified atom stereocenters. The minimum absolute atomic E-state index is 0.0403. The summed E-state index contributed by atoms with van der Waals surface area (Å²) in [5.74, 6) is -0.108. The van der Waals surface area contributed by atoms with Gasteiger partial charge in [-0.05, 0) is 25.3 Å². The van der Waals surface area contributed by atoms with E-state index in [9.17, 15) is 9.50 Å². The van der Waals surface area contributed by atoms with Gasteiger partial charge in [0.05, 0.1) is 0 Å². The first-order chi connectivity index (χ1) is 8.45. The lowest BCUT2D eigenvalue weighted by Gasteiger charge is -2.26. The van der Waals surface area contributed by atoms with E-state index >= 15 is 0 Å². The number of benzene rings is 1. The fourth-order valence-electron chi connectivity index (χ4n) is 2.04. The second-order valence-electron chi connectivity index (χ2n) is 4.95. The number of halogens is 1. The maximum Gasteiger partial charge on any atom is 0.126 e. The Hall–Kier alpha value is -1.13. The van der Waals surface area contributed by atoms with E-state index in [4.69, 9.17) is 5.11 Å². The molecule has 4 heteroatoms. The summed E-state index contributed by atoms with van der Waals surface area (Å²) in [5, 5.41) is 22.1. The summed E-state index contributed by atoms with van der Waals surface area (Å²) in [6, 6.07) is 4.10. The summed E-state index contributed by atoms with van der Waals surface area (Å²) in [6.07, 6.45) is 0.657. The molecular formula is C14H22FNO2. The predicted octanol–water partition coefficient (Wildman–Crippen LogP) is 2.59. The van der Waals surface area contributed by atoms with Crippen LogP contribution in [0.2, 0.25) is 0 Å². The van der Waals surface area contributed by atoms with Crippen LogP contribution >= 0.6 is 0 Å². The molecule has 1 aromatic carbocycles. The maximum absolute atomic E-state index is 12.9. The van der Waals surface area contributed by atoms with E-state index in [0.717, 1.165) is 6.07 Å².